The van der Waals surface area contributed by atoms with E-state index in [1.165, 1.54) is 5.39 Å². The molecule has 0 radical (unpaired) electrons. The average Bonchev–Trinajstić information content (AvgIpc) is 2.44. The van der Waals surface area contributed by atoms with Crippen LogP contribution in [-0.4, -0.2) is 14.8 Å². The molecule has 0 amide bonds. The van der Waals surface area contributed by atoms with Crippen molar-refractivity contribution in [1.29, 1.82) is 0 Å². The Morgan fingerprint density at radius 3 is 3.08 bits per heavy atom. The van der Waals surface area contributed by atoms with Crippen LogP contribution >= 0.6 is 0 Å². The van der Waals surface area contributed by atoms with Crippen LogP contribution in [0.15, 0.2) is 18.5 Å². The molecule has 0 spiro atoms. The summed E-state index contributed by atoms with van der Waals surface area (Å²) in [6, 6.07) is 1.99. The highest BCUT2D eigenvalue weighted by Gasteiger charge is 2.02. The molecular formula is C9H11N3. The minimum Gasteiger partial charge on any atom is -0.275 e. The van der Waals surface area contributed by atoms with E-state index < -0.39 is 0 Å². The molecule has 12 heavy (non-hydrogen) atoms. The van der Waals surface area contributed by atoms with Crippen LogP contribution in [0.4, 0.5) is 0 Å². The molecule has 62 valence electrons. The van der Waals surface area contributed by atoms with Gasteiger partial charge in [-0.1, -0.05) is 6.92 Å². The number of aromatic nitrogens is 3. The van der Waals surface area contributed by atoms with Gasteiger partial charge in [0.05, 0.1) is 5.69 Å². The second-order valence-corrected chi connectivity index (χ2v) is 2.85. The standard InChI is InChI=1S/C9H11N3/c1-3-8-9-7(4-5-10-8)6-12(2)11-9/h4-6H,3H2,1-2H3. The molecule has 3 nitrogen and oxygen atoms in total. The Labute approximate surface area is 71.0 Å². The highest BCUT2D eigenvalue weighted by Crippen LogP contribution is 2.13. The summed E-state index contributed by atoms with van der Waals surface area (Å²) in [5.41, 5.74) is 2.11. The molecule has 2 heterocycles. The van der Waals surface area contributed by atoms with Gasteiger partial charge >= 0.3 is 0 Å². The van der Waals surface area contributed by atoms with E-state index in [9.17, 15) is 0 Å². The van der Waals surface area contributed by atoms with Crippen LogP contribution in [0.25, 0.3) is 10.9 Å². The topological polar surface area (TPSA) is 30.7 Å². The van der Waals surface area contributed by atoms with E-state index in [0.717, 1.165) is 17.6 Å². The lowest BCUT2D eigenvalue weighted by molar-refractivity contribution is 0.777. The zero-order valence-corrected chi connectivity index (χ0v) is 7.28. The van der Waals surface area contributed by atoms with Crippen molar-refractivity contribution < 1.29 is 0 Å². The number of rotatable bonds is 1. The van der Waals surface area contributed by atoms with Crippen LogP contribution in [0.2, 0.25) is 0 Å². The molecule has 2 aromatic heterocycles. The van der Waals surface area contributed by atoms with Gasteiger partial charge in [-0.05, 0) is 12.5 Å². The highest BCUT2D eigenvalue weighted by atomic mass is 15.2. The Kier molecular flexibility index (Phi) is 1.57. The highest BCUT2D eigenvalue weighted by molar-refractivity contribution is 5.79. The number of fused-ring (bicyclic) bond motifs is 1. The molecule has 0 fully saturated rings. The minimum atomic E-state index is 0.939. The van der Waals surface area contributed by atoms with E-state index in [1.54, 1.807) is 0 Å². The third kappa shape index (κ3) is 0.978. The lowest BCUT2D eigenvalue weighted by atomic mass is 10.2. The summed E-state index contributed by atoms with van der Waals surface area (Å²) in [6.45, 7) is 2.09. The summed E-state index contributed by atoms with van der Waals surface area (Å²) in [5.74, 6) is 0. The average molecular weight is 161 g/mol. The molecule has 0 N–H and O–H groups in total. The first-order chi connectivity index (χ1) is 5.81. The van der Waals surface area contributed by atoms with Crippen molar-refractivity contribution in [3.05, 3.63) is 24.2 Å². The van der Waals surface area contributed by atoms with Gasteiger partial charge in [0.15, 0.2) is 0 Å². The summed E-state index contributed by atoms with van der Waals surface area (Å²) < 4.78 is 1.82. The van der Waals surface area contributed by atoms with Crippen LogP contribution in [0.1, 0.15) is 12.6 Å². The maximum Gasteiger partial charge on any atom is 0.114 e. The molecular weight excluding hydrogens is 150 g/mol. The smallest absolute Gasteiger partial charge is 0.114 e. The summed E-state index contributed by atoms with van der Waals surface area (Å²) in [4.78, 5) is 4.26. The van der Waals surface area contributed by atoms with Crippen molar-refractivity contribution in [2.75, 3.05) is 0 Å². The monoisotopic (exact) mass is 161 g/mol. The van der Waals surface area contributed by atoms with Gasteiger partial charge in [0, 0.05) is 24.8 Å². The van der Waals surface area contributed by atoms with E-state index in [-0.39, 0.29) is 0 Å². The SMILES string of the molecule is CCc1nccc2cn(C)nc12. The van der Waals surface area contributed by atoms with Crippen LogP contribution in [0, 0.1) is 0 Å². The molecule has 0 aliphatic rings. The van der Waals surface area contributed by atoms with Crippen LogP contribution < -0.4 is 0 Å². The Morgan fingerprint density at radius 2 is 2.33 bits per heavy atom. The number of pyridine rings is 1. The zero-order valence-electron chi connectivity index (χ0n) is 7.28. The van der Waals surface area contributed by atoms with Gasteiger partial charge in [0.1, 0.15) is 5.52 Å². The van der Waals surface area contributed by atoms with Gasteiger partial charge in [-0.15, -0.1) is 0 Å². The number of hydrogen-bond donors (Lipinski definition) is 0. The first kappa shape index (κ1) is 7.28. The maximum absolute atomic E-state index is 4.34. The van der Waals surface area contributed by atoms with Gasteiger partial charge in [0.25, 0.3) is 0 Å². The minimum absolute atomic E-state index is 0.939. The molecule has 0 saturated carbocycles. The fraction of sp³-hybridized carbons (Fsp3) is 0.333. The summed E-state index contributed by atoms with van der Waals surface area (Å²) in [6.07, 6.45) is 4.79. The molecule has 0 saturated heterocycles. The van der Waals surface area contributed by atoms with E-state index in [4.69, 9.17) is 0 Å². The van der Waals surface area contributed by atoms with Crippen LogP contribution in [0.3, 0.4) is 0 Å². The molecule has 0 aromatic carbocycles. The fourth-order valence-electron chi connectivity index (χ4n) is 1.38. The molecule has 0 aliphatic heterocycles. The Bertz CT molecular complexity index is 403. The lowest BCUT2D eigenvalue weighted by Gasteiger charge is -1.94. The number of aryl methyl sites for hydroxylation is 2. The van der Waals surface area contributed by atoms with E-state index in [2.05, 4.69) is 17.0 Å². The quantitative estimate of drug-likeness (QED) is 0.635. The molecule has 0 bridgehead atoms. The zero-order chi connectivity index (χ0) is 8.55. The second kappa shape index (κ2) is 2.59. The van der Waals surface area contributed by atoms with E-state index >= 15 is 0 Å². The summed E-state index contributed by atoms with van der Waals surface area (Å²) in [7, 11) is 1.93. The van der Waals surface area contributed by atoms with Crippen molar-refractivity contribution in [2.45, 2.75) is 13.3 Å². The van der Waals surface area contributed by atoms with Crippen molar-refractivity contribution in [3.63, 3.8) is 0 Å². The van der Waals surface area contributed by atoms with Gasteiger partial charge < -0.3 is 0 Å². The number of nitrogens with zero attached hydrogens (tertiary/aromatic N) is 3. The summed E-state index contributed by atoms with van der Waals surface area (Å²) in [5, 5.41) is 5.51. The third-order valence-electron chi connectivity index (χ3n) is 1.95. The first-order valence-electron chi connectivity index (χ1n) is 4.08. The molecule has 0 aliphatic carbocycles. The van der Waals surface area contributed by atoms with Crippen molar-refractivity contribution in [3.8, 4) is 0 Å². The van der Waals surface area contributed by atoms with Crippen LogP contribution in [0.5, 0.6) is 0 Å². The predicted octanol–water partition coefficient (Wildman–Crippen LogP) is 1.53. The van der Waals surface area contributed by atoms with Crippen molar-refractivity contribution >= 4 is 10.9 Å². The van der Waals surface area contributed by atoms with E-state index in [0.29, 0.717) is 0 Å². The molecule has 2 aromatic rings. The lowest BCUT2D eigenvalue weighted by Crippen LogP contribution is -1.90. The van der Waals surface area contributed by atoms with Gasteiger partial charge in [-0.2, -0.15) is 5.10 Å². The maximum atomic E-state index is 4.34. The fourth-order valence-corrected chi connectivity index (χ4v) is 1.38. The summed E-state index contributed by atoms with van der Waals surface area (Å²) >= 11 is 0. The second-order valence-electron chi connectivity index (χ2n) is 2.85. The molecule has 0 unspecified atom stereocenters. The third-order valence-corrected chi connectivity index (χ3v) is 1.95. The molecule has 0 atom stereocenters. The molecule has 3 heteroatoms. The first-order valence-corrected chi connectivity index (χ1v) is 4.08. The molecule has 2 rings (SSSR count). The van der Waals surface area contributed by atoms with Crippen molar-refractivity contribution in [2.24, 2.45) is 7.05 Å². The predicted molar refractivity (Wildman–Crippen MR) is 47.9 cm³/mol. The Balaban J connectivity index is 2.78. The largest absolute Gasteiger partial charge is 0.275 e. The normalized spacial score (nSPS) is 10.8. The number of hydrogen-bond acceptors (Lipinski definition) is 2. The van der Waals surface area contributed by atoms with Crippen LogP contribution in [-0.2, 0) is 13.5 Å². The van der Waals surface area contributed by atoms with Gasteiger partial charge in [-0.3, -0.25) is 9.67 Å². The van der Waals surface area contributed by atoms with E-state index in [1.807, 2.05) is 30.2 Å². The van der Waals surface area contributed by atoms with Gasteiger partial charge in [-0.25, -0.2) is 0 Å². The Hall–Kier alpha value is -1.38. The Morgan fingerprint density at radius 1 is 1.50 bits per heavy atom. The van der Waals surface area contributed by atoms with Crippen molar-refractivity contribution in [1.82, 2.24) is 14.8 Å². The van der Waals surface area contributed by atoms with Gasteiger partial charge in [0.2, 0.25) is 0 Å².